The van der Waals surface area contributed by atoms with Crippen molar-refractivity contribution in [1.29, 1.82) is 0 Å². The Morgan fingerprint density at radius 1 is 0.364 bits per heavy atom. The zero-order valence-electron chi connectivity index (χ0n) is 30.8. The third kappa shape index (κ3) is 4.88. The fraction of sp³-hybridized carbons (Fsp3) is 0.0566. The maximum atomic E-state index is 7.17. The van der Waals surface area contributed by atoms with Crippen molar-refractivity contribution in [2.45, 2.75) is 19.3 Å². The maximum absolute atomic E-state index is 7.17. The van der Waals surface area contributed by atoms with Gasteiger partial charge in [-0.1, -0.05) is 141 Å². The largest absolute Gasteiger partial charge is 0.456 e. The van der Waals surface area contributed by atoms with Crippen molar-refractivity contribution in [3.05, 3.63) is 199 Å². The van der Waals surface area contributed by atoms with E-state index in [-0.39, 0.29) is 5.41 Å². The molecule has 0 amide bonds. The molecule has 11 rings (SSSR count). The summed E-state index contributed by atoms with van der Waals surface area (Å²) in [6, 6.07) is 68.3. The van der Waals surface area contributed by atoms with Gasteiger partial charge in [-0.3, -0.25) is 0 Å². The molecule has 0 bridgehead atoms. The number of hydrogen-bond acceptors (Lipinski definition) is 2. The molecule has 2 heteroatoms. The number of benzene rings is 9. The molecule has 9 aromatic rings. The minimum absolute atomic E-state index is 0.112. The second-order valence-electron chi connectivity index (χ2n) is 15.3. The molecule has 0 N–H and O–H groups in total. The normalized spacial score (nSPS) is 13.2. The lowest BCUT2D eigenvalue weighted by Crippen LogP contribution is -2.16. The van der Waals surface area contributed by atoms with Gasteiger partial charge in [-0.25, -0.2) is 0 Å². The lowest BCUT2D eigenvalue weighted by atomic mass is 9.82. The zero-order valence-corrected chi connectivity index (χ0v) is 30.8. The molecule has 2 aliphatic rings. The Morgan fingerprint density at radius 3 is 1.80 bits per heavy atom. The van der Waals surface area contributed by atoms with Gasteiger partial charge in [-0.2, -0.15) is 0 Å². The van der Waals surface area contributed by atoms with Crippen LogP contribution in [0.1, 0.15) is 25.0 Å². The molecule has 0 spiro atoms. The van der Waals surface area contributed by atoms with Gasteiger partial charge in [0.05, 0.1) is 0 Å². The quantitative estimate of drug-likeness (QED) is 0.181. The number of rotatable bonds is 4. The predicted octanol–water partition coefficient (Wildman–Crippen LogP) is 14.9. The Bertz CT molecular complexity index is 2990. The minimum Gasteiger partial charge on any atom is -0.456 e. The van der Waals surface area contributed by atoms with Crippen molar-refractivity contribution in [3.63, 3.8) is 0 Å². The lowest BCUT2D eigenvalue weighted by Gasteiger charge is -2.28. The van der Waals surface area contributed by atoms with E-state index in [0.717, 1.165) is 50.8 Å². The van der Waals surface area contributed by atoms with Crippen molar-refractivity contribution >= 4 is 38.6 Å². The van der Waals surface area contributed by atoms with Gasteiger partial charge in [-0.15, -0.1) is 0 Å². The molecule has 1 aliphatic carbocycles. The van der Waals surface area contributed by atoms with Gasteiger partial charge < -0.3 is 9.64 Å². The number of fused-ring (bicyclic) bond motifs is 10. The summed E-state index contributed by atoms with van der Waals surface area (Å²) in [6.07, 6.45) is 0. The van der Waals surface area contributed by atoms with Gasteiger partial charge in [0.2, 0.25) is 0 Å². The van der Waals surface area contributed by atoms with Gasteiger partial charge in [0.15, 0.2) is 0 Å². The molecule has 0 saturated carbocycles. The fourth-order valence-corrected chi connectivity index (χ4v) is 9.18. The van der Waals surface area contributed by atoms with Crippen molar-refractivity contribution in [1.82, 2.24) is 0 Å². The molecule has 0 unspecified atom stereocenters. The maximum Gasteiger partial charge on any atom is 0.137 e. The standard InChI is InChI=1S/C53H37NO/c1-53(2)48-24-11-10-21-42(48)43-28-26-38(32-49(43)53)54(37-18-4-3-5-19-37)39-27-29-44-46-30-35-15-6-7-16-36(35)31-47(46)52-45(23-13-25-50(52)55-51(44)33-39)41-22-12-17-34-14-8-9-20-40(34)41/h3-33H,1-2H3. The smallest absolute Gasteiger partial charge is 0.137 e. The molecule has 2 nitrogen and oxygen atoms in total. The highest BCUT2D eigenvalue weighted by atomic mass is 16.5. The number of para-hydroxylation sites is 1. The number of anilines is 3. The summed E-state index contributed by atoms with van der Waals surface area (Å²) in [7, 11) is 0. The summed E-state index contributed by atoms with van der Waals surface area (Å²) in [5.74, 6) is 1.68. The van der Waals surface area contributed by atoms with Gasteiger partial charge in [0, 0.05) is 39.7 Å². The van der Waals surface area contributed by atoms with Crippen LogP contribution >= 0.6 is 0 Å². The van der Waals surface area contributed by atoms with Gasteiger partial charge >= 0.3 is 0 Å². The van der Waals surface area contributed by atoms with E-state index in [4.69, 9.17) is 4.74 Å². The first kappa shape index (κ1) is 31.6. The highest BCUT2D eigenvalue weighted by molar-refractivity contribution is 6.07. The molecule has 1 aliphatic heterocycles. The van der Waals surface area contributed by atoms with E-state index in [0.29, 0.717) is 0 Å². The molecule has 0 aromatic heterocycles. The summed E-state index contributed by atoms with van der Waals surface area (Å²) < 4.78 is 7.17. The lowest BCUT2D eigenvalue weighted by molar-refractivity contribution is 0.488. The molecule has 0 saturated heterocycles. The van der Waals surface area contributed by atoms with Crippen LogP contribution in [0, 0.1) is 0 Å². The molecule has 0 atom stereocenters. The summed E-state index contributed by atoms with van der Waals surface area (Å²) >= 11 is 0. The molecular formula is C53H37NO. The van der Waals surface area contributed by atoms with E-state index in [1.165, 1.54) is 54.9 Å². The molecule has 9 aromatic carbocycles. The van der Waals surface area contributed by atoms with Gasteiger partial charge in [-0.05, 0) is 121 Å². The second-order valence-corrected chi connectivity index (χ2v) is 15.3. The number of nitrogens with zero attached hydrogens (tertiary/aromatic N) is 1. The molecular weight excluding hydrogens is 667 g/mol. The van der Waals surface area contributed by atoms with E-state index < -0.39 is 0 Å². The first-order valence-corrected chi connectivity index (χ1v) is 19.1. The molecule has 1 heterocycles. The second kappa shape index (κ2) is 12.1. The van der Waals surface area contributed by atoms with Crippen molar-refractivity contribution in [2.24, 2.45) is 0 Å². The Balaban J connectivity index is 1.13. The zero-order chi connectivity index (χ0) is 36.7. The van der Waals surface area contributed by atoms with E-state index in [1.54, 1.807) is 0 Å². The van der Waals surface area contributed by atoms with Gasteiger partial charge in [0.1, 0.15) is 11.5 Å². The Kier molecular flexibility index (Phi) is 6.93. The van der Waals surface area contributed by atoms with Crippen LogP contribution in [0.15, 0.2) is 188 Å². The van der Waals surface area contributed by atoms with Crippen molar-refractivity contribution in [2.75, 3.05) is 4.90 Å². The highest BCUT2D eigenvalue weighted by Crippen LogP contribution is 2.54. The Labute approximate surface area is 321 Å². The summed E-state index contributed by atoms with van der Waals surface area (Å²) in [6.45, 7) is 4.69. The van der Waals surface area contributed by atoms with Crippen molar-refractivity contribution < 1.29 is 4.74 Å². The Hall–Kier alpha value is -6.90. The van der Waals surface area contributed by atoms with Crippen LogP contribution in [0.5, 0.6) is 11.5 Å². The van der Waals surface area contributed by atoms with E-state index in [1.807, 2.05) is 0 Å². The molecule has 0 fully saturated rings. The van der Waals surface area contributed by atoms with Crippen LogP contribution in [-0.2, 0) is 5.41 Å². The van der Waals surface area contributed by atoms with Crippen LogP contribution in [-0.4, -0.2) is 0 Å². The van der Waals surface area contributed by atoms with Crippen molar-refractivity contribution in [3.8, 4) is 56.0 Å². The third-order valence-electron chi connectivity index (χ3n) is 11.8. The first-order chi connectivity index (χ1) is 27.0. The summed E-state index contributed by atoms with van der Waals surface area (Å²) in [5.41, 5.74) is 15.4. The minimum atomic E-state index is -0.112. The van der Waals surface area contributed by atoms with Crippen LogP contribution < -0.4 is 9.64 Å². The number of ether oxygens (including phenoxy) is 1. The predicted molar refractivity (Wildman–Crippen MR) is 230 cm³/mol. The first-order valence-electron chi connectivity index (χ1n) is 19.1. The topological polar surface area (TPSA) is 12.5 Å². The Morgan fingerprint density at radius 2 is 0.964 bits per heavy atom. The average molecular weight is 704 g/mol. The van der Waals surface area contributed by atoms with Gasteiger partial charge in [0.25, 0.3) is 0 Å². The van der Waals surface area contributed by atoms with Crippen LogP contribution in [0.25, 0.3) is 66.1 Å². The molecule has 55 heavy (non-hydrogen) atoms. The molecule has 0 radical (unpaired) electrons. The highest BCUT2D eigenvalue weighted by Gasteiger charge is 2.36. The third-order valence-corrected chi connectivity index (χ3v) is 11.8. The van der Waals surface area contributed by atoms with Crippen LogP contribution in [0.4, 0.5) is 17.1 Å². The summed E-state index contributed by atoms with van der Waals surface area (Å²) in [4.78, 5) is 2.36. The number of hydrogen-bond donors (Lipinski definition) is 0. The van der Waals surface area contributed by atoms with E-state index in [9.17, 15) is 0 Å². The van der Waals surface area contributed by atoms with Crippen LogP contribution in [0.3, 0.4) is 0 Å². The van der Waals surface area contributed by atoms with Crippen LogP contribution in [0.2, 0.25) is 0 Å². The fourth-order valence-electron chi connectivity index (χ4n) is 9.18. The molecule has 260 valence electrons. The monoisotopic (exact) mass is 703 g/mol. The SMILES string of the molecule is CC1(C)c2ccccc2-c2ccc(N(c3ccccc3)c3ccc4c(c3)Oc3cccc(-c5cccc6ccccc56)c3-c3cc5ccccc5cc3-4)cc21. The van der Waals surface area contributed by atoms with E-state index >= 15 is 0 Å². The van der Waals surface area contributed by atoms with E-state index in [2.05, 4.69) is 207 Å². The average Bonchev–Trinajstić information content (AvgIpc) is 3.36. The summed E-state index contributed by atoms with van der Waals surface area (Å²) in [5, 5.41) is 4.86.